The summed E-state index contributed by atoms with van der Waals surface area (Å²) in [6, 6.07) is 1.92. The Bertz CT molecular complexity index is 321. The molecule has 0 amide bonds. The lowest BCUT2D eigenvalue weighted by molar-refractivity contribution is -0.117. The van der Waals surface area contributed by atoms with E-state index in [2.05, 4.69) is 23.8 Å². The van der Waals surface area contributed by atoms with Crippen molar-refractivity contribution >= 4 is 5.78 Å². The first-order valence-electron chi connectivity index (χ1n) is 4.91. The number of hydrogen-bond donors (Lipinski definition) is 0. The van der Waals surface area contributed by atoms with Gasteiger partial charge in [0.25, 0.3) is 0 Å². The van der Waals surface area contributed by atoms with Crippen LogP contribution >= 0.6 is 0 Å². The molecule has 0 bridgehead atoms. The minimum atomic E-state index is 0.184. The highest BCUT2D eigenvalue weighted by atomic mass is 16.1. The predicted molar refractivity (Wildman–Crippen MR) is 55.1 cm³/mol. The fraction of sp³-hybridized carbons (Fsp3) is 0.545. The largest absolute Gasteiger partial charge is 0.300 e. The molecule has 0 radical (unpaired) electrons. The van der Waals surface area contributed by atoms with Crippen LogP contribution in [0.4, 0.5) is 0 Å². The van der Waals surface area contributed by atoms with E-state index in [4.69, 9.17) is 0 Å². The molecule has 0 aromatic carbocycles. The van der Waals surface area contributed by atoms with Gasteiger partial charge in [0.15, 0.2) is 0 Å². The quantitative estimate of drug-likeness (QED) is 0.733. The van der Waals surface area contributed by atoms with Gasteiger partial charge in [-0.2, -0.15) is 0 Å². The van der Waals surface area contributed by atoms with Gasteiger partial charge in [0.05, 0.1) is 0 Å². The highest BCUT2D eigenvalue weighted by Crippen LogP contribution is 2.10. The average Bonchev–Trinajstić information content (AvgIpc) is 2.15. The lowest BCUT2D eigenvalue weighted by Gasteiger charge is -2.05. The van der Waals surface area contributed by atoms with Crippen LogP contribution in [0.1, 0.15) is 44.6 Å². The van der Waals surface area contributed by atoms with Crippen LogP contribution in [0.25, 0.3) is 0 Å². The van der Waals surface area contributed by atoms with Crippen molar-refractivity contribution in [2.75, 3.05) is 0 Å². The lowest BCUT2D eigenvalue weighted by Crippen LogP contribution is -2.02. The molecule has 0 aliphatic carbocycles. The van der Waals surface area contributed by atoms with Crippen LogP contribution in [0.2, 0.25) is 0 Å². The standard InChI is InChI=1S/C11H16N2O/c1-8(2)10-6-7-12-11(13-10)5-4-9(3)14/h6-8H,4-5H2,1-3H3. The molecule has 1 heterocycles. The lowest BCUT2D eigenvalue weighted by atomic mass is 10.1. The Labute approximate surface area is 84.6 Å². The Balaban J connectivity index is 2.68. The van der Waals surface area contributed by atoms with Gasteiger partial charge >= 0.3 is 0 Å². The minimum absolute atomic E-state index is 0.184. The first-order valence-corrected chi connectivity index (χ1v) is 4.91. The second-order valence-electron chi connectivity index (χ2n) is 3.75. The summed E-state index contributed by atoms with van der Waals surface area (Å²) in [6.07, 6.45) is 2.94. The van der Waals surface area contributed by atoms with Crippen molar-refractivity contribution in [2.24, 2.45) is 0 Å². The van der Waals surface area contributed by atoms with Crippen LogP contribution in [0.15, 0.2) is 12.3 Å². The number of carbonyl (C=O) groups excluding carboxylic acids is 1. The summed E-state index contributed by atoms with van der Waals surface area (Å²) in [6.45, 7) is 5.78. The number of hydrogen-bond acceptors (Lipinski definition) is 3. The summed E-state index contributed by atoms with van der Waals surface area (Å²) in [5, 5.41) is 0. The van der Waals surface area contributed by atoms with Gasteiger partial charge in [0.2, 0.25) is 0 Å². The van der Waals surface area contributed by atoms with Crippen molar-refractivity contribution < 1.29 is 4.79 Å². The fourth-order valence-electron chi connectivity index (χ4n) is 1.14. The molecule has 1 rings (SSSR count). The van der Waals surface area contributed by atoms with Crippen LogP contribution in [0.5, 0.6) is 0 Å². The Morgan fingerprint density at radius 2 is 2.21 bits per heavy atom. The zero-order chi connectivity index (χ0) is 10.6. The second-order valence-corrected chi connectivity index (χ2v) is 3.75. The van der Waals surface area contributed by atoms with E-state index in [1.807, 2.05) is 6.07 Å². The van der Waals surface area contributed by atoms with Crippen LogP contribution < -0.4 is 0 Å². The zero-order valence-corrected chi connectivity index (χ0v) is 8.95. The van der Waals surface area contributed by atoms with Crippen LogP contribution in [-0.2, 0) is 11.2 Å². The number of nitrogens with zero attached hydrogens (tertiary/aromatic N) is 2. The Hall–Kier alpha value is -1.25. The molecular formula is C11H16N2O. The van der Waals surface area contributed by atoms with E-state index in [0.717, 1.165) is 11.5 Å². The van der Waals surface area contributed by atoms with Crippen LogP contribution in [0.3, 0.4) is 0 Å². The van der Waals surface area contributed by atoms with Crippen LogP contribution in [0, 0.1) is 0 Å². The van der Waals surface area contributed by atoms with Gasteiger partial charge in [-0.3, -0.25) is 0 Å². The smallest absolute Gasteiger partial charge is 0.130 e. The summed E-state index contributed by atoms with van der Waals surface area (Å²) in [5.41, 5.74) is 1.04. The first kappa shape index (κ1) is 10.8. The Morgan fingerprint density at radius 3 is 2.79 bits per heavy atom. The van der Waals surface area contributed by atoms with E-state index in [9.17, 15) is 4.79 Å². The SMILES string of the molecule is CC(=O)CCc1nccc(C(C)C)n1. The topological polar surface area (TPSA) is 42.9 Å². The van der Waals surface area contributed by atoms with E-state index in [1.165, 1.54) is 0 Å². The molecule has 0 saturated carbocycles. The van der Waals surface area contributed by atoms with Gasteiger partial charge in [0.1, 0.15) is 11.6 Å². The summed E-state index contributed by atoms with van der Waals surface area (Å²) < 4.78 is 0. The van der Waals surface area contributed by atoms with E-state index in [0.29, 0.717) is 18.8 Å². The maximum Gasteiger partial charge on any atom is 0.130 e. The molecule has 0 unspecified atom stereocenters. The molecule has 14 heavy (non-hydrogen) atoms. The molecule has 0 atom stereocenters. The molecule has 0 aliphatic heterocycles. The normalized spacial score (nSPS) is 10.6. The highest BCUT2D eigenvalue weighted by molar-refractivity contribution is 5.75. The Morgan fingerprint density at radius 1 is 1.50 bits per heavy atom. The number of ketones is 1. The van der Waals surface area contributed by atoms with Gasteiger partial charge < -0.3 is 4.79 Å². The first-order chi connectivity index (χ1) is 6.59. The summed E-state index contributed by atoms with van der Waals surface area (Å²) in [4.78, 5) is 19.3. The maximum atomic E-state index is 10.8. The number of aromatic nitrogens is 2. The summed E-state index contributed by atoms with van der Waals surface area (Å²) in [5.74, 6) is 1.36. The number of carbonyl (C=O) groups is 1. The van der Waals surface area contributed by atoms with Gasteiger partial charge in [-0.15, -0.1) is 0 Å². The molecule has 0 aliphatic rings. The molecule has 0 spiro atoms. The molecular weight excluding hydrogens is 176 g/mol. The molecule has 3 nitrogen and oxygen atoms in total. The minimum Gasteiger partial charge on any atom is -0.300 e. The van der Waals surface area contributed by atoms with Crippen molar-refractivity contribution in [1.29, 1.82) is 0 Å². The molecule has 3 heteroatoms. The molecule has 1 aromatic rings. The highest BCUT2D eigenvalue weighted by Gasteiger charge is 2.03. The molecule has 1 aromatic heterocycles. The molecule has 0 saturated heterocycles. The summed E-state index contributed by atoms with van der Waals surface area (Å²) in [7, 11) is 0. The van der Waals surface area contributed by atoms with Crippen molar-refractivity contribution in [3.8, 4) is 0 Å². The summed E-state index contributed by atoms with van der Waals surface area (Å²) >= 11 is 0. The van der Waals surface area contributed by atoms with Crippen molar-refractivity contribution in [2.45, 2.75) is 39.5 Å². The molecule has 0 fully saturated rings. The predicted octanol–water partition coefficient (Wildman–Crippen LogP) is 2.12. The zero-order valence-electron chi connectivity index (χ0n) is 8.95. The average molecular weight is 192 g/mol. The van der Waals surface area contributed by atoms with E-state index < -0.39 is 0 Å². The van der Waals surface area contributed by atoms with Crippen molar-refractivity contribution in [1.82, 2.24) is 9.97 Å². The van der Waals surface area contributed by atoms with Crippen molar-refractivity contribution in [3.63, 3.8) is 0 Å². The number of Topliss-reactive ketones (excluding diaryl/α,β-unsaturated/α-hetero) is 1. The van der Waals surface area contributed by atoms with Gasteiger partial charge in [-0.25, -0.2) is 9.97 Å². The fourth-order valence-corrected chi connectivity index (χ4v) is 1.14. The van der Waals surface area contributed by atoms with Crippen molar-refractivity contribution in [3.05, 3.63) is 23.8 Å². The third-order valence-corrected chi connectivity index (χ3v) is 2.02. The van der Waals surface area contributed by atoms with Crippen LogP contribution in [-0.4, -0.2) is 15.8 Å². The monoisotopic (exact) mass is 192 g/mol. The molecule has 76 valence electrons. The van der Waals surface area contributed by atoms with Gasteiger partial charge in [0, 0.05) is 24.7 Å². The third-order valence-electron chi connectivity index (χ3n) is 2.02. The molecule has 0 N–H and O–H groups in total. The van der Waals surface area contributed by atoms with Gasteiger partial charge in [-0.05, 0) is 18.9 Å². The second kappa shape index (κ2) is 4.84. The van der Waals surface area contributed by atoms with E-state index >= 15 is 0 Å². The number of rotatable bonds is 4. The number of aryl methyl sites for hydroxylation is 1. The maximum absolute atomic E-state index is 10.8. The Kier molecular flexibility index (Phi) is 3.74. The van der Waals surface area contributed by atoms with E-state index in [1.54, 1.807) is 13.1 Å². The third kappa shape index (κ3) is 3.24. The van der Waals surface area contributed by atoms with Gasteiger partial charge in [-0.1, -0.05) is 13.8 Å². The van der Waals surface area contributed by atoms with E-state index in [-0.39, 0.29) is 5.78 Å².